The molecule has 0 aliphatic heterocycles. The maximum atomic E-state index is 10.4. The molecule has 4 aliphatic rings. The highest BCUT2D eigenvalue weighted by Gasteiger charge is 2.63. The summed E-state index contributed by atoms with van der Waals surface area (Å²) in [4.78, 5) is 0. The lowest BCUT2D eigenvalue weighted by atomic mass is 9.60. The second-order valence-electron chi connectivity index (χ2n) is 16.4. The van der Waals surface area contributed by atoms with E-state index in [2.05, 4.69) is 79.8 Å². The lowest BCUT2D eigenvalue weighted by Gasteiger charge is -2.44. The molecule has 0 bridgehead atoms. The van der Waals surface area contributed by atoms with E-state index in [1.54, 1.807) is 5.57 Å². The van der Waals surface area contributed by atoms with Gasteiger partial charge >= 0.3 is 0 Å². The molecule has 0 saturated heterocycles. The highest BCUT2D eigenvalue weighted by atomic mass is 28.4. The van der Waals surface area contributed by atoms with Crippen molar-refractivity contribution >= 4 is 8.32 Å². The molecule has 0 heterocycles. The van der Waals surface area contributed by atoms with Gasteiger partial charge in [-0.05, 0) is 124 Å². The predicted octanol–water partition coefficient (Wildman–Crippen LogP) is 9.56. The fraction of sp³-hybridized carbons (Fsp3) is 0.882. The number of hydrogen-bond donors (Lipinski definition) is 1. The van der Waals surface area contributed by atoms with Crippen LogP contribution in [0.4, 0.5) is 0 Å². The third-order valence-electron chi connectivity index (χ3n) is 12.6. The smallest absolute Gasteiger partial charge is 0.192 e. The number of hydrogen-bond acceptors (Lipinski definition) is 2. The summed E-state index contributed by atoms with van der Waals surface area (Å²) in [6.45, 7) is 25.6. The van der Waals surface area contributed by atoms with Gasteiger partial charge in [-0.2, -0.15) is 0 Å². The lowest BCUT2D eigenvalue weighted by Crippen LogP contribution is -2.43. The molecule has 0 aromatic rings. The molecule has 0 radical (unpaired) electrons. The van der Waals surface area contributed by atoms with Crippen LogP contribution in [0.25, 0.3) is 0 Å². The van der Waals surface area contributed by atoms with Crippen LogP contribution in [0, 0.1) is 46.3 Å². The molecule has 4 saturated carbocycles. The Kier molecular flexibility index (Phi) is 7.93. The minimum Gasteiger partial charge on any atom is -0.414 e. The number of rotatable bonds is 8. The van der Waals surface area contributed by atoms with Crippen LogP contribution in [-0.2, 0) is 4.43 Å². The van der Waals surface area contributed by atoms with Crippen LogP contribution >= 0.6 is 0 Å². The van der Waals surface area contributed by atoms with Crippen molar-refractivity contribution < 1.29 is 9.53 Å². The van der Waals surface area contributed by atoms with Gasteiger partial charge in [-0.25, -0.2) is 0 Å². The molecule has 4 rings (SSSR count). The van der Waals surface area contributed by atoms with Crippen molar-refractivity contribution in [1.82, 2.24) is 0 Å². The lowest BCUT2D eigenvalue weighted by molar-refractivity contribution is 0.0436. The quantitative estimate of drug-likeness (QED) is 0.251. The molecule has 212 valence electrons. The maximum Gasteiger partial charge on any atom is 0.192 e. The Labute approximate surface area is 231 Å². The molecule has 4 aliphatic carbocycles. The summed E-state index contributed by atoms with van der Waals surface area (Å²) in [5, 5.41) is 10.7. The normalized spacial score (nSPS) is 40.1. The van der Waals surface area contributed by atoms with E-state index in [4.69, 9.17) is 4.43 Å². The van der Waals surface area contributed by atoms with Crippen molar-refractivity contribution in [3.05, 3.63) is 23.8 Å². The Morgan fingerprint density at radius 1 is 1.03 bits per heavy atom. The molecule has 4 fully saturated rings. The van der Waals surface area contributed by atoms with Crippen LogP contribution in [0.1, 0.15) is 114 Å². The van der Waals surface area contributed by atoms with Gasteiger partial charge in [-0.3, -0.25) is 0 Å². The summed E-state index contributed by atoms with van der Waals surface area (Å²) in [6, 6.07) is 0. The molecule has 3 unspecified atom stereocenters. The molecule has 0 spiro atoms. The summed E-state index contributed by atoms with van der Waals surface area (Å²) in [7, 11) is -1.69. The van der Waals surface area contributed by atoms with Gasteiger partial charge in [0.2, 0.25) is 0 Å². The molecule has 0 amide bonds. The average molecular weight is 529 g/mol. The first-order valence-corrected chi connectivity index (χ1v) is 18.6. The third-order valence-corrected chi connectivity index (χ3v) is 17.1. The first-order valence-electron chi connectivity index (χ1n) is 15.7. The molecule has 9 atom stereocenters. The Morgan fingerprint density at radius 2 is 1.70 bits per heavy atom. The van der Waals surface area contributed by atoms with E-state index >= 15 is 0 Å². The van der Waals surface area contributed by atoms with Gasteiger partial charge in [0.05, 0.1) is 5.60 Å². The molecule has 0 aromatic carbocycles. The first-order chi connectivity index (χ1) is 16.9. The zero-order valence-electron chi connectivity index (χ0n) is 26.3. The van der Waals surface area contributed by atoms with E-state index in [0.717, 1.165) is 17.8 Å². The van der Waals surface area contributed by atoms with Crippen molar-refractivity contribution in [1.29, 1.82) is 0 Å². The van der Waals surface area contributed by atoms with Crippen molar-refractivity contribution in [3.8, 4) is 0 Å². The van der Waals surface area contributed by atoms with Crippen LogP contribution in [0.15, 0.2) is 23.8 Å². The zero-order valence-corrected chi connectivity index (χ0v) is 27.3. The molecule has 3 heteroatoms. The van der Waals surface area contributed by atoms with E-state index < -0.39 is 13.9 Å². The molecule has 1 N–H and O–H groups in total. The van der Waals surface area contributed by atoms with Crippen LogP contribution < -0.4 is 0 Å². The SMILES string of the molecule is CC(/C=C1\CCCC2(C)[C@@H]([C@H](C)/C=C/[C@H](C)C(C)(C)O)CC[C@@H]12)[C@@]12CC(O[Si](C)(C)C(C)(C)C)C[C@@H]1C2. The number of fused-ring (bicyclic) bond motifs is 2. The summed E-state index contributed by atoms with van der Waals surface area (Å²) in [5.41, 5.74) is 2.11. The van der Waals surface area contributed by atoms with Crippen LogP contribution in [0.5, 0.6) is 0 Å². The van der Waals surface area contributed by atoms with Gasteiger partial charge in [-0.15, -0.1) is 0 Å². The minimum atomic E-state index is -1.69. The molecule has 37 heavy (non-hydrogen) atoms. The maximum absolute atomic E-state index is 10.4. The van der Waals surface area contributed by atoms with Crippen molar-refractivity contribution in [3.63, 3.8) is 0 Å². The highest BCUT2D eigenvalue weighted by Crippen LogP contribution is 2.69. The fourth-order valence-electron chi connectivity index (χ4n) is 8.56. The van der Waals surface area contributed by atoms with Gasteiger partial charge in [0.25, 0.3) is 0 Å². The van der Waals surface area contributed by atoms with Crippen LogP contribution in [0.3, 0.4) is 0 Å². The van der Waals surface area contributed by atoms with Gasteiger partial charge in [0.15, 0.2) is 8.32 Å². The fourth-order valence-corrected chi connectivity index (χ4v) is 9.93. The topological polar surface area (TPSA) is 29.5 Å². The summed E-state index contributed by atoms with van der Waals surface area (Å²) >= 11 is 0. The summed E-state index contributed by atoms with van der Waals surface area (Å²) in [5.74, 6) is 3.86. The monoisotopic (exact) mass is 528 g/mol. The van der Waals surface area contributed by atoms with E-state index in [1.807, 2.05) is 13.8 Å². The van der Waals surface area contributed by atoms with Crippen molar-refractivity contribution in [2.75, 3.05) is 0 Å². The van der Waals surface area contributed by atoms with Crippen molar-refractivity contribution in [2.24, 2.45) is 46.3 Å². The largest absolute Gasteiger partial charge is 0.414 e. The number of allylic oxidation sites excluding steroid dienone is 3. The molecule has 0 aromatic heterocycles. The van der Waals surface area contributed by atoms with E-state index in [1.165, 1.54) is 51.4 Å². The Bertz CT molecular complexity index is 888. The van der Waals surface area contributed by atoms with Gasteiger partial charge in [-0.1, -0.05) is 72.3 Å². The van der Waals surface area contributed by atoms with Crippen LogP contribution in [0.2, 0.25) is 18.1 Å². The molecular formula is C34H60O2Si. The Hall–Kier alpha value is -0.383. The van der Waals surface area contributed by atoms with E-state index in [-0.39, 0.29) is 5.92 Å². The van der Waals surface area contributed by atoms with Gasteiger partial charge in [0, 0.05) is 12.0 Å². The van der Waals surface area contributed by atoms with Gasteiger partial charge in [0.1, 0.15) is 0 Å². The van der Waals surface area contributed by atoms with Crippen molar-refractivity contribution in [2.45, 2.75) is 144 Å². The Balaban J connectivity index is 1.44. The van der Waals surface area contributed by atoms with E-state index in [9.17, 15) is 5.11 Å². The second kappa shape index (κ2) is 9.91. The summed E-state index contributed by atoms with van der Waals surface area (Å²) < 4.78 is 6.91. The summed E-state index contributed by atoms with van der Waals surface area (Å²) in [6.07, 6.45) is 18.8. The first kappa shape index (κ1) is 29.6. The number of aliphatic hydroxyl groups is 1. The predicted molar refractivity (Wildman–Crippen MR) is 161 cm³/mol. The van der Waals surface area contributed by atoms with E-state index in [0.29, 0.717) is 33.8 Å². The van der Waals surface area contributed by atoms with Crippen LogP contribution in [-0.4, -0.2) is 25.1 Å². The minimum absolute atomic E-state index is 0.184. The average Bonchev–Trinajstić information content (AvgIpc) is 3.14. The van der Waals surface area contributed by atoms with Gasteiger partial charge < -0.3 is 9.53 Å². The second-order valence-corrected chi connectivity index (χ2v) is 21.1. The highest BCUT2D eigenvalue weighted by molar-refractivity contribution is 6.74. The molecule has 2 nitrogen and oxygen atoms in total. The standard InChI is InChI=1S/C34H60O2Si/c1-23(14-15-24(2)32(7,8)35)29-16-17-30-26(13-12-18-33(29,30)9)19-25(3)34-21-27(34)20-28(22-34)36-37(10,11)31(4,5)6/h14-15,19,23-25,27-30,35H,12-13,16-18,20-22H2,1-11H3/b15-14+,26-19+/t23-,24+,25?,27-,28?,29-,30+,33?,34-/m1/s1. The third kappa shape index (κ3) is 5.62. The Morgan fingerprint density at radius 3 is 2.32 bits per heavy atom. The zero-order chi connectivity index (χ0) is 27.6. The molecular weight excluding hydrogens is 468 g/mol.